The minimum atomic E-state index is -3.18. The number of rotatable bonds is 5. The topological polar surface area (TPSA) is 79.0 Å². The summed E-state index contributed by atoms with van der Waals surface area (Å²) in [7, 11) is -3.18. The Balaban J connectivity index is 1.44. The third-order valence-corrected chi connectivity index (χ3v) is 6.47. The molecule has 3 aliphatic rings. The molecule has 0 unspecified atom stereocenters. The second-order valence-corrected chi connectivity index (χ2v) is 8.89. The maximum atomic E-state index is 12.3. The molecule has 1 N–H and O–H groups in total. The van der Waals surface area contributed by atoms with Crippen molar-refractivity contribution in [2.24, 2.45) is 5.92 Å². The molecule has 23 heavy (non-hydrogen) atoms. The number of hydrogen-bond donors (Lipinski definition) is 1. The molecule has 0 spiro atoms. The predicted molar refractivity (Wildman–Crippen MR) is 86.5 cm³/mol. The Kier molecular flexibility index (Phi) is 5.25. The third kappa shape index (κ3) is 4.23. The lowest BCUT2D eigenvalue weighted by molar-refractivity contribution is -0.132. The van der Waals surface area contributed by atoms with Crippen molar-refractivity contribution < 1.29 is 17.9 Å². The standard InChI is InChI=1S/C15H27N3O4S/c1-23(20,21)18-8-4-12-10-13(22-14(12)11-18)15(19)16-5-9-17-6-2-3-7-17/h12-14H,2-11H2,1H3,(H,16,19)/t12-,13-,14+/m0/s1. The van der Waals surface area contributed by atoms with Crippen LogP contribution in [0, 0.1) is 5.92 Å². The second-order valence-electron chi connectivity index (χ2n) is 6.91. The summed E-state index contributed by atoms with van der Waals surface area (Å²) in [6, 6.07) is 0. The van der Waals surface area contributed by atoms with Crippen LogP contribution in [-0.4, -0.2) is 81.3 Å². The number of fused-ring (bicyclic) bond motifs is 1. The van der Waals surface area contributed by atoms with E-state index in [4.69, 9.17) is 4.74 Å². The number of piperidine rings is 1. The maximum Gasteiger partial charge on any atom is 0.249 e. The molecule has 0 radical (unpaired) electrons. The van der Waals surface area contributed by atoms with Crippen molar-refractivity contribution in [1.29, 1.82) is 0 Å². The number of likely N-dealkylation sites (tertiary alicyclic amines) is 1. The third-order valence-electron chi connectivity index (χ3n) is 5.20. The van der Waals surface area contributed by atoms with Gasteiger partial charge in [-0.2, -0.15) is 4.31 Å². The number of amides is 1. The molecule has 0 aromatic carbocycles. The van der Waals surface area contributed by atoms with Gasteiger partial charge in [-0.3, -0.25) is 4.79 Å². The summed E-state index contributed by atoms with van der Waals surface area (Å²) in [5, 5.41) is 2.97. The molecule has 0 aromatic rings. The van der Waals surface area contributed by atoms with Crippen LogP contribution < -0.4 is 5.32 Å². The summed E-state index contributed by atoms with van der Waals surface area (Å²) in [4.78, 5) is 14.6. The number of ether oxygens (including phenoxy) is 1. The van der Waals surface area contributed by atoms with E-state index in [-0.39, 0.29) is 12.0 Å². The van der Waals surface area contributed by atoms with Gasteiger partial charge in [0.25, 0.3) is 0 Å². The van der Waals surface area contributed by atoms with E-state index in [1.807, 2.05) is 0 Å². The zero-order valence-corrected chi connectivity index (χ0v) is 14.6. The number of carbonyl (C=O) groups excluding carboxylic acids is 1. The monoisotopic (exact) mass is 345 g/mol. The number of carbonyl (C=O) groups is 1. The Labute approximate surface area is 138 Å². The summed E-state index contributed by atoms with van der Waals surface area (Å²) in [6.07, 6.45) is 4.63. The summed E-state index contributed by atoms with van der Waals surface area (Å²) in [6.45, 7) is 4.72. The van der Waals surface area contributed by atoms with Crippen molar-refractivity contribution in [2.45, 2.75) is 37.9 Å². The van der Waals surface area contributed by atoms with Crippen LogP contribution >= 0.6 is 0 Å². The molecule has 3 aliphatic heterocycles. The molecule has 7 nitrogen and oxygen atoms in total. The lowest BCUT2D eigenvalue weighted by Gasteiger charge is -2.32. The van der Waals surface area contributed by atoms with Crippen molar-refractivity contribution in [2.75, 3.05) is 45.5 Å². The molecule has 1 amide bonds. The maximum absolute atomic E-state index is 12.3. The highest BCUT2D eigenvalue weighted by atomic mass is 32.2. The molecule has 132 valence electrons. The van der Waals surface area contributed by atoms with E-state index in [0.29, 0.717) is 32.0 Å². The molecule has 0 aliphatic carbocycles. The minimum Gasteiger partial charge on any atom is -0.363 e. The summed E-state index contributed by atoms with van der Waals surface area (Å²) in [5.41, 5.74) is 0. The molecule has 8 heteroatoms. The molecular weight excluding hydrogens is 318 g/mol. The minimum absolute atomic E-state index is 0.0514. The van der Waals surface area contributed by atoms with Crippen LogP contribution in [0.5, 0.6) is 0 Å². The van der Waals surface area contributed by atoms with Gasteiger partial charge in [0.15, 0.2) is 0 Å². The van der Waals surface area contributed by atoms with Gasteiger partial charge in [0.05, 0.1) is 12.4 Å². The highest BCUT2D eigenvalue weighted by molar-refractivity contribution is 7.88. The van der Waals surface area contributed by atoms with Crippen molar-refractivity contribution in [3.8, 4) is 0 Å². The van der Waals surface area contributed by atoms with Crippen LogP contribution in [0.15, 0.2) is 0 Å². The second kappa shape index (κ2) is 7.04. The van der Waals surface area contributed by atoms with E-state index in [1.54, 1.807) is 0 Å². The molecule has 0 aromatic heterocycles. The van der Waals surface area contributed by atoms with E-state index in [9.17, 15) is 13.2 Å². The SMILES string of the molecule is CS(=O)(=O)N1CC[C@H]2C[C@@H](C(=O)NCCN3CCCC3)O[C@@H]2C1. The fourth-order valence-corrected chi connectivity index (χ4v) is 4.68. The van der Waals surface area contributed by atoms with Gasteiger partial charge in [-0.25, -0.2) is 8.42 Å². The zero-order chi connectivity index (χ0) is 16.4. The molecular formula is C15H27N3O4S. The van der Waals surface area contributed by atoms with E-state index in [0.717, 1.165) is 26.1 Å². The first-order chi connectivity index (χ1) is 10.9. The van der Waals surface area contributed by atoms with Gasteiger partial charge < -0.3 is 15.0 Å². The lowest BCUT2D eigenvalue weighted by Crippen LogP contribution is -2.45. The van der Waals surface area contributed by atoms with Gasteiger partial charge in [-0.1, -0.05) is 0 Å². The van der Waals surface area contributed by atoms with Gasteiger partial charge in [0.2, 0.25) is 15.9 Å². The van der Waals surface area contributed by atoms with Crippen molar-refractivity contribution >= 4 is 15.9 Å². The van der Waals surface area contributed by atoms with Crippen LogP contribution in [0.1, 0.15) is 25.7 Å². The van der Waals surface area contributed by atoms with Crippen LogP contribution in [0.25, 0.3) is 0 Å². The Morgan fingerprint density at radius 3 is 2.70 bits per heavy atom. The highest BCUT2D eigenvalue weighted by Crippen LogP contribution is 2.33. The van der Waals surface area contributed by atoms with E-state index < -0.39 is 16.1 Å². The summed E-state index contributed by atoms with van der Waals surface area (Å²) < 4.78 is 30.6. The first-order valence-corrected chi connectivity index (χ1v) is 10.4. The van der Waals surface area contributed by atoms with Crippen LogP contribution in [0.4, 0.5) is 0 Å². The predicted octanol–water partition coefficient (Wildman–Crippen LogP) is -0.363. The first kappa shape index (κ1) is 17.1. The van der Waals surface area contributed by atoms with Crippen LogP contribution in [-0.2, 0) is 19.6 Å². The average Bonchev–Trinajstić information content (AvgIpc) is 3.14. The highest BCUT2D eigenvalue weighted by Gasteiger charge is 2.43. The van der Waals surface area contributed by atoms with Crippen LogP contribution in [0.3, 0.4) is 0 Å². The number of sulfonamides is 1. The van der Waals surface area contributed by atoms with Crippen LogP contribution in [0.2, 0.25) is 0 Å². The quantitative estimate of drug-likeness (QED) is 0.736. The largest absolute Gasteiger partial charge is 0.363 e. The lowest BCUT2D eigenvalue weighted by atomic mass is 9.93. The summed E-state index contributed by atoms with van der Waals surface area (Å²) >= 11 is 0. The molecule has 3 atom stereocenters. The van der Waals surface area contributed by atoms with E-state index >= 15 is 0 Å². The fourth-order valence-electron chi connectivity index (χ4n) is 3.83. The van der Waals surface area contributed by atoms with Gasteiger partial charge >= 0.3 is 0 Å². The zero-order valence-electron chi connectivity index (χ0n) is 13.7. The fraction of sp³-hybridized carbons (Fsp3) is 0.933. The van der Waals surface area contributed by atoms with E-state index in [2.05, 4.69) is 10.2 Å². The van der Waals surface area contributed by atoms with Gasteiger partial charge in [-0.05, 0) is 44.7 Å². The molecule has 3 saturated heterocycles. The summed E-state index contributed by atoms with van der Waals surface area (Å²) in [5.74, 6) is 0.242. The number of hydrogen-bond acceptors (Lipinski definition) is 5. The van der Waals surface area contributed by atoms with Crippen molar-refractivity contribution in [3.05, 3.63) is 0 Å². The van der Waals surface area contributed by atoms with Gasteiger partial charge in [-0.15, -0.1) is 0 Å². The average molecular weight is 345 g/mol. The Morgan fingerprint density at radius 2 is 2.00 bits per heavy atom. The Morgan fingerprint density at radius 1 is 1.26 bits per heavy atom. The Hall–Kier alpha value is -0.700. The molecule has 3 rings (SSSR count). The number of nitrogens with zero attached hydrogens (tertiary/aromatic N) is 2. The first-order valence-electron chi connectivity index (χ1n) is 8.54. The van der Waals surface area contributed by atoms with Crippen molar-refractivity contribution in [1.82, 2.24) is 14.5 Å². The Bertz CT molecular complexity index is 533. The number of nitrogens with one attached hydrogen (secondary N) is 1. The molecule has 0 bridgehead atoms. The van der Waals surface area contributed by atoms with Gasteiger partial charge in [0.1, 0.15) is 6.10 Å². The normalized spacial score (nSPS) is 32.8. The van der Waals surface area contributed by atoms with E-state index in [1.165, 1.54) is 23.4 Å². The molecule has 3 heterocycles. The smallest absolute Gasteiger partial charge is 0.249 e. The van der Waals surface area contributed by atoms with Gasteiger partial charge in [0, 0.05) is 26.2 Å². The molecule has 3 fully saturated rings. The van der Waals surface area contributed by atoms with Crippen molar-refractivity contribution in [3.63, 3.8) is 0 Å². The molecule has 0 saturated carbocycles.